The van der Waals surface area contributed by atoms with Crippen molar-refractivity contribution in [1.82, 2.24) is 4.90 Å². The third-order valence-corrected chi connectivity index (χ3v) is 1.60. The van der Waals surface area contributed by atoms with E-state index < -0.39 is 0 Å². The molecule has 0 saturated heterocycles. The van der Waals surface area contributed by atoms with E-state index in [1.54, 1.807) is 0 Å². The molecule has 4 heteroatoms. The molecule has 0 aromatic heterocycles. The predicted molar refractivity (Wildman–Crippen MR) is 56.9 cm³/mol. The van der Waals surface area contributed by atoms with Crippen LogP contribution in [-0.4, -0.2) is 19.0 Å². The highest BCUT2D eigenvalue weighted by Gasteiger charge is 1.94. The van der Waals surface area contributed by atoms with E-state index in [4.69, 9.17) is 5.53 Å². The van der Waals surface area contributed by atoms with Crippen LogP contribution in [0.2, 0.25) is 0 Å². The zero-order valence-electron chi connectivity index (χ0n) is 7.81. The Labute approximate surface area is 80.4 Å². The molecule has 1 aromatic carbocycles. The highest BCUT2D eigenvalue weighted by molar-refractivity contribution is 5.38. The minimum absolute atomic E-state index is 0. The third-order valence-electron chi connectivity index (χ3n) is 1.60. The number of rotatable bonds is 3. The zero-order chi connectivity index (χ0) is 9.68. The Kier molecular flexibility index (Phi) is 3.31. The van der Waals surface area contributed by atoms with Crippen LogP contribution >= 0.6 is 0 Å². The molecule has 0 aliphatic rings. The first-order valence-electron chi connectivity index (χ1n) is 4.01. The summed E-state index contributed by atoms with van der Waals surface area (Å²) < 4.78 is 0. The van der Waals surface area contributed by atoms with Crippen LogP contribution in [0.1, 0.15) is 8.42 Å². The maximum absolute atomic E-state index is 8.18. The Hall–Kier alpha value is -1.51. The lowest BCUT2D eigenvalue weighted by atomic mass is 10.2. The summed E-state index contributed by atoms with van der Waals surface area (Å²) in [5.74, 6) is 0. The summed E-state index contributed by atoms with van der Waals surface area (Å²) in [6, 6.07) is 7.56. The van der Waals surface area contributed by atoms with Crippen LogP contribution in [0.15, 0.2) is 29.4 Å². The lowest BCUT2D eigenvalue weighted by Gasteiger charge is -2.08. The lowest BCUT2D eigenvalue weighted by molar-refractivity contribution is 0.402. The molecule has 4 nitrogen and oxygen atoms in total. The molecular formula is C9H16N4. The van der Waals surface area contributed by atoms with Gasteiger partial charge in [0, 0.05) is 20.0 Å². The maximum atomic E-state index is 8.18. The summed E-state index contributed by atoms with van der Waals surface area (Å²) >= 11 is 0. The minimum Gasteiger partial charge on any atom is -0.305 e. The van der Waals surface area contributed by atoms with Crippen LogP contribution in [0.5, 0.6) is 0 Å². The van der Waals surface area contributed by atoms with Gasteiger partial charge in [-0.25, -0.2) is 0 Å². The van der Waals surface area contributed by atoms with Gasteiger partial charge >= 0.3 is 0 Å². The summed E-state index contributed by atoms with van der Waals surface area (Å²) in [7, 11) is 4.03. The molecule has 0 radical (unpaired) electrons. The highest BCUT2D eigenvalue weighted by atomic mass is 15.1. The average molecular weight is 180 g/mol. The van der Waals surface area contributed by atoms with Crippen LogP contribution in [0.25, 0.3) is 10.4 Å². The molecule has 0 heterocycles. The van der Waals surface area contributed by atoms with Crippen LogP contribution in [0.4, 0.5) is 5.69 Å². The molecule has 0 bridgehead atoms. The van der Waals surface area contributed by atoms with Crippen LogP contribution in [0, 0.1) is 0 Å². The van der Waals surface area contributed by atoms with Crippen molar-refractivity contribution in [2.45, 2.75) is 6.54 Å². The molecule has 0 unspecified atom stereocenters. The van der Waals surface area contributed by atoms with E-state index in [0.29, 0.717) is 5.69 Å². The molecule has 13 heavy (non-hydrogen) atoms. The summed E-state index contributed by atoms with van der Waals surface area (Å²) in [6.45, 7) is 0.899. The number of hydrogen-bond acceptors (Lipinski definition) is 2. The molecular weight excluding hydrogens is 164 g/mol. The summed E-state index contributed by atoms with van der Waals surface area (Å²) in [6.07, 6.45) is 0. The monoisotopic (exact) mass is 180 g/mol. The second kappa shape index (κ2) is 4.50. The van der Waals surface area contributed by atoms with Crippen LogP contribution < -0.4 is 0 Å². The Morgan fingerprint density at radius 1 is 1.38 bits per heavy atom. The quantitative estimate of drug-likeness (QED) is 0.400. The SMILES string of the molecule is CN(C)Cc1ccc(N=[N+]=[N-])cc1.[HH].[HH]. The Morgan fingerprint density at radius 2 is 2.00 bits per heavy atom. The van der Waals surface area contributed by atoms with E-state index in [0.717, 1.165) is 6.54 Å². The number of benzene rings is 1. The molecule has 1 rings (SSSR count). The van der Waals surface area contributed by atoms with Crippen molar-refractivity contribution < 1.29 is 2.85 Å². The Morgan fingerprint density at radius 3 is 2.46 bits per heavy atom. The van der Waals surface area contributed by atoms with E-state index in [-0.39, 0.29) is 2.85 Å². The zero-order valence-corrected chi connectivity index (χ0v) is 7.81. The van der Waals surface area contributed by atoms with E-state index in [1.807, 2.05) is 38.4 Å². The smallest absolute Gasteiger partial charge is 0.0375 e. The number of hydrogen-bond donors (Lipinski definition) is 0. The molecule has 1 aromatic rings. The fourth-order valence-electron chi connectivity index (χ4n) is 1.08. The lowest BCUT2D eigenvalue weighted by Crippen LogP contribution is -2.10. The largest absolute Gasteiger partial charge is 0.305 e. The van der Waals surface area contributed by atoms with Gasteiger partial charge in [0.1, 0.15) is 0 Å². The standard InChI is InChI=1S/C9H12N4.2H2/c1-13(2)7-8-3-5-9(6-4-8)11-12-10;;/h3-6H,7H2,1-2H3;2*1H. The molecule has 0 saturated carbocycles. The molecule has 0 fully saturated rings. The van der Waals surface area contributed by atoms with Crippen molar-refractivity contribution >= 4 is 5.69 Å². The van der Waals surface area contributed by atoms with Crippen LogP contribution in [-0.2, 0) is 6.54 Å². The van der Waals surface area contributed by atoms with Crippen molar-refractivity contribution in [3.63, 3.8) is 0 Å². The van der Waals surface area contributed by atoms with Crippen molar-refractivity contribution in [1.29, 1.82) is 0 Å². The average Bonchev–Trinajstić information content (AvgIpc) is 2.08. The fraction of sp³-hybridized carbons (Fsp3) is 0.333. The van der Waals surface area contributed by atoms with Gasteiger partial charge < -0.3 is 4.90 Å². The molecule has 0 amide bonds. The van der Waals surface area contributed by atoms with E-state index in [1.165, 1.54) is 5.56 Å². The van der Waals surface area contributed by atoms with Gasteiger partial charge in [0.25, 0.3) is 0 Å². The molecule has 72 valence electrons. The second-order valence-corrected chi connectivity index (χ2v) is 3.09. The fourth-order valence-corrected chi connectivity index (χ4v) is 1.08. The molecule has 0 spiro atoms. The summed E-state index contributed by atoms with van der Waals surface area (Å²) in [5, 5.41) is 3.49. The van der Waals surface area contributed by atoms with Crippen molar-refractivity contribution in [2.75, 3.05) is 14.1 Å². The van der Waals surface area contributed by atoms with Gasteiger partial charge in [-0.05, 0) is 25.2 Å². The molecule has 0 aliphatic heterocycles. The highest BCUT2D eigenvalue weighted by Crippen LogP contribution is 2.13. The molecule has 0 N–H and O–H groups in total. The van der Waals surface area contributed by atoms with Crippen LogP contribution in [0.3, 0.4) is 0 Å². The second-order valence-electron chi connectivity index (χ2n) is 3.09. The number of nitrogens with zero attached hydrogens (tertiary/aromatic N) is 4. The Balaban J connectivity index is 0. The van der Waals surface area contributed by atoms with E-state index in [9.17, 15) is 0 Å². The van der Waals surface area contributed by atoms with Gasteiger partial charge in [0.2, 0.25) is 0 Å². The summed E-state index contributed by atoms with van der Waals surface area (Å²) in [4.78, 5) is 4.80. The molecule has 0 atom stereocenters. The Bertz CT molecular complexity index is 317. The van der Waals surface area contributed by atoms with Gasteiger partial charge in [-0.1, -0.05) is 29.4 Å². The molecule has 0 aliphatic carbocycles. The van der Waals surface area contributed by atoms with Crippen molar-refractivity contribution in [3.05, 3.63) is 40.3 Å². The van der Waals surface area contributed by atoms with E-state index in [2.05, 4.69) is 14.9 Å². The maximum Gasteiger partial charge on any atom is 0.0375 e. The van der Waals surface area contributed by atoms with Crippen molar-refractivity contribution in [3.8, 4) is 0 Å². The predicted octanol–water partition coefficient (Wildman–Crippen LogP) is 3.18. The first kappa shape index (κ1) is 9.58. The summed E-state index contributed by atoms with van der Waals surface area (Å²) in [5.41, 5.74) is 10.1. The van der Waals surface area contributed by atoms with Gasteiger partial charge in [0.05, 0.1) is 0 Å². The van der Waals surface area contributed by atoms with Crippen molar-refractivity contribution in [2.24, 2.45) is 5.11 Å². The minimum atomic E-state index is 0. The topological polar surface area (TPSA) is 52.0 Å². The normalized spacial score (nSPS) is 9.77. The number of azide groups is 1. The van der Waals surface area contributed by atoms with Gasteiger partial charge in [-0.3, -0.25) is 0 Å². The van der Waals surface area contributed by atoms with Gasteiger partial charge in [-0.15, -0.1) is 0 Å². The van der Waals surface area contributed by atoms with E-state index >= 15 is 0 Å². The van der Waals surface area contributed by atoms with Gasteiger partial charge in [0.15, 0.2) is 0 Å². The third kappa shape index (κ3) is 3.15. The van der Waals surface area contributed by atoms with Gasteiger partial charge in [-0.2, -0.15) is 0 Å². The first-order chi connectivity index (χ1) is 6.22. The first-order valence-corrected chi connectivity index (χ1v) is 4.01.